The molecule has 3 rings (SSSR count). The minimum Gasteiger partial charge on any atom is -0.305 e. The number of aromatic nitrogens is 2. The zero-order chi connectivity index (χ0) is 17.5. The van der Waals surface area contributed by atoms with Gasteiger partial charge in [-0.15, -0.1) is 0 Å². The van der Waals surface area contributed by atoms with Crippen molar-refractivity contribution in [3.63, 3.8) is 0 Å². The van der Waals surface area contributed by atoms with Crippen LogP contribution in [0, 0.1) is 13.8 Å². The topological polar surface area (TPSA) is 46.9 Å². The van der Waals surface area contributed by atoms with Crippen LogP contribution in [0.5, 0.6) is 0 Å². The number of nitrogens with zero attached hydrogens (tertiary/aromatic N) is 2. The van der Waals surface area contributed by atoms with Crippen LogP contribution in [-0.2, 0) is 5.54 Å². The molecule has 1 heterocycles. The highest BCUT2D eigenvalue weighted by Gasteiger charge is 2.23. The molecule has 3 aromatic rings. The number of aryl methyl sites for hydroxylation is 2. The number of amides is 1. The average molecular weight is 321 g/mol. The van der Waals surface area contributed by atoms with Crippen molar-refractivity contribution >= 4 is 22.9 Å². The fraction of sp³-hybridized carbons (Fsp3) is 0.300. The van der Waals surface area contributed by atoms with Crippen molar-refractivity contribution in [1.29, 1.82) is 0 Å². The first-order chi connectivity index (χ1) is 11.3. The van der Waals surface area contributed by atoms with E-state index in [0.717, 1.165) is 22.2 Å². The molecule has 0 atom stereocenters. The third kappa shape index (κ3) is 2.92. The van der Waals surface area contributed by atoms with Crippen molar-refractivity contribution in [3.05, 3.63) is 59.2 Å². The summed E-state index contributed by atoms with van der Waals surface area (Å²) in [6, 6.07) is 13.8. The molecule has 1 aromatic heterocycles. The number of hydrogen-bond acceptors (Lipinski definition) is 2. The molecule has 2 aromatic carbocycles. The van der Waals surface area contributed by atoms with Crippen molar-refractivity contribution in [1.82, 2.24) is 9.55 Å². The van der Waals surface area contributed by atoms with Crippen LogP contribution < -0.4 is 5.32 Å². The molecule has 0 bridgehead atoms. The van der Waals surface area contributed by atoms with Gasteiger partial charge >= 0.3 is 0 Å². The van der Waals surface area contributed by atoms with Crippen molar-refractivity contribution in [2.45, 2.75) is 40.2 Å². The smallest absolute Gasteiger partial charge is 0.258 e. The number of carbonyl (C=O) groups excluding carboxylic acids is 1. The molecule has 1 amide bonds. The number of benzene rings is 2. The molecule has 0 saturated carbocycles. The molecule has 0 saturated heterocycles. The summed E-state index contributed by atoms with van der Waals surface area (Å²) < 4.78 is 2.07. The number of rotatable bonds is 2. The van der Waals surface area contributed by atoms with Crippen molar-refractivity contribution in [2.24, 2.45) is 0 Å². The Morgan fingerprint density at radius 3 is 2.50 bits per heavy atom. The zero-order valence-electron chi connectivity index (χ0n) is 14.8. The molecule has 0 aliphatic rings. The third-order valence-corrected chi connectivity index (χ3v) is 4.09. The van der Waals surface area contributed by atoms with Crippen molar-refractivity contribution in [2.75, 3.05) is 5.32 Å². The predicted octanol–water partition coefficient (Wildman–Crippen LogP) is 4.66. The molecular formula is C20H23N3O. The number of imidazole rings is 1. The number of nitrogens with one attached hydrogen (secondary N) is 1. The van der Waals surface area contributed by atoms with Gasteiger partial charge in [-0.2, -0.15) is 0 Å². The van der Waals surface area contributed by atoms with Gasteiger partial charge in [0.05, 0.1) is 11.0 Å². The van der Waals surface area contributed by atoms with E-state index < -0.39 is 0 Å². The number of carbonyl (C=O) groups is 1. The van der Waals surface area contributed by atoms with Gasteiger partial charge in [-0.3, -0.25) is 10.1 Å². The van der Waals surface area contributed by atoms with Gasteiger partial charge in [-0.25, -0.2) is 4.98 Å². The molecule has 0 aliphatic heterocycles. The maximum Gasteiger partial charge on any atom is 0.258 e. The van der Waals surface area contributed by atoms with E-state index in [-0.39, 0.29) is 11.4 Å². The lowest BCUT2D eigenvalue weighted by Gasteiger charge is -2.24. The summed E-state index contributed by atoms with van der Waals surface area (Å²) in [4.78, 5) is 17.4. The molecule has 124 valence electrons. The molecule has 4 heteroatoms. The Morgan fingerprint density at radius 2 is 1.79 bits per heavy atom. The summed E-state index contributed by atoms with van der Waals surface area (Å²) in [5.74, 6) is 0.451. The van der Waals surface area contributed by atoms with Crippen LogP contribution in [-0.4, -0.2) is 15.5 Å². The summed E-state index contributed by atoms with van der Waals surface area (Å²) in [7, 11) is 0. The van der Waals surface area contributed by atoms with Gasteiger partial charge in [0.2, 0.25) is 5.95 Å². The first-order valence-corrected chi connectivity index (χ1v) is 8.14. The van der Waals surface area contributed by atoms with E-state index in [4.69, 9.17) is 0 Å². The second-order valence-electron chi connectivity index (χ2n) is 7.20. The van der Waals surface area contributed by atoms with E-state index >= 15 is 0 Å². The molecule has 0 radical (unpaired) electrons. The first kappa shape index (κ1) is 16.2. The number of hydrogen-bond donors (Lipinski definition) is 1. The number of para-hydroxylation sites is 2. The Morgan fingerprint density at radius 1 is 1.08 bits per heavy atom. The van der Waals surface area contributed by atoms with Gasteiger partial charge < -0.3 is 4.57 Å². The molecule has 1 N–H and O–H groups in total. The maximum atomic E-state index is 12.8. The van der Waals surface area contributed by atoms with Gasteiger partial charge in [0.25, 0.3) is 5.91 Å². The monoisotopic (exact) mass is 321 g/mol. The largest absolute Gasteiger partial charge is 0.305 e. The predicted molar refractivity (Wildman–Crippen MR) is 98.6 cm³/mol. The lowest BCUT2D eigenvalue weighted by Crippen LogP contribution is -2.26. The molecule has 0 aliphatic carbocycles. The summed E-state index contributed by atoms with van der Waals surface area (Å²) >= 11 is 0. The highest BCUT2D eigenvalue weighted by atomic mass is 16.1. The molecule has 0 unspecified atom stereocenters. The van der Waals surface area contributed by atoms with E-state index in [9.17, 15) is 4.79 Å². The highest BCUT2D eigenvalue weighted by Crippen LogP contribution is 2.28. The Balaban J connectivity index is 2.07. The van der Waals surface area contributed by atoms with Crippen LogP contribution in [0.2, 0.25) is 0 Å². The van der Waals surface area contributed by atoms with E-state index in [1.54, 1.807) is 0 Å². The number of anilines is 1. The second-order valence-corrected chi connectivity index (χ2v) is 7.20. The SMILES string of the molecule is Cc1ccc(C)c(C(=O)Nc2nc3ccccc3n2C(C)(C)C)c1. The summed E-state index contributed by atoms with van der Waals surface area (Å²) in [6.07, 6.45) is 0. The van der Waals surface area contributed by atoms with Gasteiger partial charge in [-0.05, 0) is 58.4 Å². The average Bonchev–Trinajstić information content (AvgIpc) is 2.87. The molecule has 0 fully saturated rings. The molecule has 24 heavy (non-hydrogen) atoms. The summed E-state index contributed by atoms with van der Waals surface area (Å²) in [5.41, 5.74) is 4.40. The van der Waals surface area contributed by atoms with E-state index in [2.05, 4.69) is 35.6 Å². The Bertz CT molecular complexity index is 916. The minimum absolute atomic E-state index is 0.128. The van der Waals surface area contributed by atoms with E-state index in [1.807, 2.05) is 56.3 Å². The van der Waals surface area contributed by atoms with E-state index in [0.29, 0.717) is 11.5 Å². The normalized spacial score (nSPS) is 11.7. The fourth-order valence-electron chi connectivity index (χ4n) is 2.94. The standard InChI is InChI=1S/C20H23N3O/c1-13-10-11-14(2)15(12-13)18(24)22-19-21-16-8-6-7-9-17(16)23(19)20(3,4)5/h6-12H,1-5H3,(H,21,22,24). The van der Waals surface area contributed by atoms with Gasteiger partial charge in [0.15, 0.2) is 0 Å². The van der Waals surface area contributed by atoms with Crippen LogP contribution in [0.1, 0.15) is 42.3 Å². The summed E-state index contributed by atoms with van der Waals surface area (Å²) in [6.45, 7) is 10.2. The van der Waals surface area contributed by atoms with Crippen LogP contribution in [0.15, 0.2) is 42.5 Å². The van der Waals surface area contributed by atoms with Crippen LogP contribution in [0.25, 0.3) is 11.0 Å². The Kier molecular flexibility index (Phi) is 3.91. The highest BCUT2D eigenvalue weighted by molar-refractivity contribution is 6.05. The van der Waals surface area contributed by atoms with Crippen LogP contribution >= 0.6 is 0 Å². The molecule has 4 nitrogen and oxygen atoms in total. The molecular weight excluding hydrogens is 298 g/mol. The first-order valence-electron chi connectivity index (χ1n) is 8.14. The van der Waals surface area contributed by atoms with Crippen molar-refractivity contribution in [3.8, 4) is 0 Å². The van der Waals surface area contributed by atoms with Crippen molar-refractivity contribution < 1.29 is 4.79 Å². The lowest BCUT2D eigenvalue weighted by atomic mass is 10.1. The zero-order valence-corrected chi connectivity index (χ0v) is 14.8. The number of fused-ring (bicyclic) bond motifs is 1. The van der Waals surface area contributed by atoms with Gasteiger partial charge in [-0.1, -0.05) is 29.8 Å². The lowest BCUT2D eigenvalue weighted by molar-refractivity contribution is 0.102. The molecule has 0 spiro atoms. The van der Waals surface area contributed by atoms with Crippen LogP contribution in [0.4, 0.5) is 5.95 Å². The van der Waals surface area contributed by atoms with Gasteiger partial charge in [0.1, 0.15) is 0 Å². The van der Waals surface area contributed by atoms with Gasteiger partial charge in [0, 0.05) is 11.1 Å². The fourth-order valence-corrected chi connectivity index (χ4v) is 2.94. The summed E-state index contributed by atoms with van der Waals surface area (Å²) in [5, 5.41) is 3.00. The Labute approximate surface area is 142 Å². The Hall–Kier alpha value is -2.62. The third-order valence-electron chi connectivity index (χ3n) is 4.09. The maximum absolute atomic E-state index is 12.8. The quantitative estimate of drug-likeness (QED) is 0.746. The minimum atomic E-state index is -0.194. The van der Waals surface area contributed by atoms with E-state index in [1.165, 1.54) is 0 Å². The van der Waals surface area contributed by atoms with Crippen LogP contribution in [0.3, 0.4) is 0 Å². The second kappa shape index (κ2) is 5.78.